The molecule has 5 heterocycles. The van der Waals surface area contributed by atoms with E-state index < -0.39 is 38.9 Å². The van der Waals surface area contributed by atoms with Gasteiger partial charge in [-0.15, -0.1) is 0 Å². The van der Waals surface area contributed by atoms with Crippen LogP contribution in [0.1, 0.15) is 83.3 Å². The molecule has 5 aliphatic rings. The molecule has 10 nitrogen and oxygen atoms in total. The van der Waals surface area contributed by atoms with Gasteiger partial charge in [0, 0.05) is 65.6 Å². The molecule has 0 bridgehead atoms. The van der Waals surface area contributed by atoms with E-state index in [4.69, 9.17) is 55.9 Å². The van der Waals surface area contributed by atoms with Gasteiger partial charge in [0.1, 0.15) is 17.3 Å². The second-order valence-electron chi connectivity index (χ2n) is 14.2. The highest BCUT2D eigenvalue weighted by molar-refractivity contribution is 7.86. The number of halogens is 4. The maximum Gasteiger partial charge on any atom is 0.341 e. The first-order chi connectivity index (χ1) is 24.0. The molecule has 0 saturated heterocycles. The van der Waals surface area contributed by atoms with Crippen LogP contribution in [0.25, 0.3) is 5.57 Å². The summed E-state index contributed by atoms with van der Waals surface area (Å²) in [6.07, 6.45) is 5.15. The fourth-order valence-electron chi connectivity index (χ4n) is 8.61. The third-order valence-corrected chi connectivity index (χ3v) is 13.1. The minimum Gasteiger partial charge on any atom is -0.481 e. The molecule has 1 atom stereocenters. The highest BCUT2D eigenvalue weighted by Gasteiger charge is 2.58. The molecule has 2 N–H and O–H groups in total. The van der Waals surface area contributed by atoms with Gasteiger partial charge in [0.25, 0.3) is 10.1 Å². The molecule has 3 aromatic carbocycles. The Kier molecular flexibility index (Phi) is 8.15. The van der Waals surface area contributed by atoms with Crippen molar-refractivity contribution in [1.29, 1.82) is 0 Å². The van der Waals surface area contributed by atoms with Crippen LogP contribution >= 0.6 is 46.4 Å². The van der Waals surface area contributed by atoms with E-state index in [0.717, 1.165) is 41.9 Å². The average molecular weight is 795 g/mol. The van der Waals surface area contributed by atoms with Crippen molar-refractivity contribution in [1.82, 2.24) is 0 Å². The number of esters is 1. The fraction of sp³-hybridized carbons (Fsp3) is 0.389. The predicted octanol–water partition coefficient (Wildman–Crippen LogP) is 8.30. The molecule has 51 heavy (non-hydrogen) atoms. The molecular weight excluding hydrogens is 762 g/mol. The molecule has 5 aliphatic heterocycles. The summed E-state index contributed by atoms with van der Waals surface area (Å²) in [6, 6.07) is 5.62. The molecule has 0 radical (unpaired) electrons. The van der Waals surface area contributed by atoms with Crippen molar-refractivity contribution < 1.29 is 37.1 Å². The highest BCUT2D eigenvalue weighted by Crippen LogP contribution is 2.64. The van der Waals surface area contributed by atoms with E-state index in [0.29, 0.717) is 66.1 Å². The normalized spacial score (nSPS) is 20.8. The van der Waals surface area contributed by atoms with Gasteiger partial charge >= 0.3 is 11.9 Å². The number of hydrogen-bond donors (Lipinski definition) is 2. The first-order valence-corrected chi connectivity index (χ1v) is 19.7. The Hall–Kier alpha value is -3.19. The Morgan fingerprint density at radius 3 is 2.43 bits per heavy atom. The van der Waals surface area contributed by atoms with Gasteiger partial charge in [-0.05, 0) is 69.2 Å². The molecule has 1 unspecified atom stereocenters. The molecule has 15 heteroatoms. The van der Waals surface area contributed by atoms with Crippen LogP contribution in [0, 0.1) is 0 Å². The molecule has 0 aliphatic carbocycles. The van der Waals surface area contributed by atoms with E-state index >= 15 is 0 Å². The van der Waals surface area contributed by atoms with E-state index in [1.54, 1.807) is 6.07 Å². The van der Waals surface area contributed by atoms with Crippen LogP contribution in [0.15, 0.2) is 24.3 Å². The lowest BCUT2D eigenvalue weighted by Crippen LogP contribution is -2.48. The Balaban J connectivity index is 1.45. The highest BCUT2D eigenvalue weighted by atomic mass is 35.5. The van der Waals surface area contributed by atoms with Gasteiger partial charge in [0.05, 0.1) is 36.9 Å². The zero-order chi connectivity index (χ0) is 36.4. The Bertz CT molecular complexity index is 2260. The predicted molar refractivity (Wildman–Crippen MR) is 196 cm³/mol. The molecule has 268 valence electrons. The lowest BCUT2D eigenvalue weighted by molar-refractivity contribution is -0.137. The number of aryl methyl sites for hydroxylation is 1. The number of benzene rings is 3. The van der Waals surface area contributed by atoms with Crippen molar-refractivity contribution in [3.05, 3.63) is 83.3 Å². The van der Waals surface area contributed by atoms with Gasteiger partial charge in [-0.25, -0.2) is 4.79 Å². The van der Waals surface area contributed by atoms with E-state index in [9.17, 15) is 27.7 Å². The number of carboxylic acid groups (broad SMARTS) is 1. The first kappa shape index (κ1) is 34.9. The summed E-state index contributed by atoms with van der Waals surface area (Å²) >= 11 is 27.0. The summed E-state index contributed by atoms with van der Waals surface area (Å²) in [7, 11) is -4.45. The minimum atomic E-state index is -4.45. The SMILES string of the molecule is CC1(C)C=C(CS(=O)(=O)O)c2cc3c(c4c2N1CCC4)Oc1cc2c(cc1C31OC(=O)c3c(Cl)c(Cl)c(Cl)c(Cl)c31)CCCN2CCCC(=O)O. The summed E-state index contributed by atoms with van der Waals surface area (Å²) in [5.74, 6) is -1.43. The van der Waals surface area contributed by atoms with Crippen LogP contribution in [-0.4, -0.2) is 60.9 Å². The maximum absolute atomic E-state index is 14.1. The second kappa shape index (κ2) is 11.9. The number of ether oxygens (including phenoxy) is 2. The van der Waals surface area contributed by atoms with Crippen molar-refractivity contribution in [3.8, 4) is 11.5 Å². The van der Waals surface area contributed by atoms with Crippen LogP contribution in [0.2, 0.25) is 20.1 Å². The largest absolute Gasteiger partial charge is 0.481 e. The van der Waals surface area contributed by atoms with E-state index in [2.05, 4.69) is 9.80 Å². The van der Waals surface area contributed by atoms with Crippen LogP contribution in [-0.2, 0) is 38.1 Å². The summed E-state index contributed by atoms with van der Waals surface area (Å²) in [6.45, 7) is 5.92. The zero-order valence-corrected chi connectivity index (χ0v) is 31.4. The Morgan fingerprint density at radius 2 is 1.71 bits per heavy atom. The lowest BCUT2D eigenvalue weighted by Gasteiger charge is -2.49. The Labute approximate surface area is 314 Å². The smallest absolute Gasteiger partial charge is 0.341 e. The van der Waals surface area contributed by atoms with Crippen LogP contribution in [0.5, 0.6) is 11.5 Å². The van der Waals surface area contributed by atoms with E-state index in [-0.39, 0.29) is 37.6 Å². The van der Waals surface area contributed by atoms with Crippen molar-refractivity contribution in [3.63, 3.8) is 0 Å². The molecule has 0 fully saturated rings. The van der Waals surface area contributed by atoms with Crippen molar-refractivity contribution in [2.24, 2.45) is 0 Å². The van der Waals surface area contributed by atoms with Crippen molar-refractivity contribution >= 4 is 85.4 Å². The molecule has 0 aromatic heterocycles. The molecule has 3 aromatic rings. The number of fused-ring (bicyclic) bond motifs is 8. The van der Waals surface area contributed by atoms with Gasteiger partial charge in [0.2, 0.25) is 0 Å². The van der Waals surface area contributed by atoms with Crippen molar-refractivity contribution in [2.45, 2.75) is 63.5 Å². The quantitative estimate of drug-likeness (QED) is 0.109. The van der Waals surface area contributed by atoms with Gasteiger partial charge in [-0.1, -0.05) is 52.5 Å². The summed E-state index contributed by atoms with van der Waals surface area (Å²) < 4.78 is 48.3. The average Bonchev–Trinajstić information content (AvgIpc) is 3.36. The van der Waals surface area contributed by atoms with Crippen molar-refractivity contribution in [2.75, 3.05) is 35.2 Å². The number of carboxylic acids is 1. The van der Waals surface area contributed by atoms with Crippen LogP contribution in [0.3, 0.4) is 0 Å². The number of carbonyl (C=O) groups excluding carboxylic acids is 1. The summed E-state index contributed by atoms with van der Waals surface area (Å²) in [4.78, 5) is 29.7. The number of hydrogen-bond acceptors (Lipinski definition) is 8. The third kappa shape index (κ3) is 5.25. The lowest BCUT2D eigenvalue weighted by atomic mass is 9.73. The first-order valence-electron chi connectivity index (χ1n) is 16.6. The number of anilines is 2. The summed E-state index contributed by atoms with van der Waals surface area (Å²) in [5.41, 5.74) is 3.04. The molecular formula is C36H32Cl4N2O8S. The van der Waals surface area contributed by atoms with Crippen LogP contribution in [0.4, 0.5) is 11.4 Å². The maximum atomic E-state index is 14.1. The van der Waals surface area contributed by atoms with Gasteiger partial charge < -0.3 is 24.4 Å². The zero-order valence-electron chi connectivity index (χ0n) is 27.5. The number of rotatable bonds is 6. The van der Waals surface area contributed by atoms with E-state index in [1.165, 1.54) is 0 Å². The van der Waals surface area contributed by atoms with Gasteiger partial charge in [-0.3, -0.25) is 9.35 Å². The number of nitrogens with zero attached hydrogens (tertiary/aromatic N) is 2. The minimum absolute atomic E-state index is 0.0263. The topological polar surface area (TPSA) is 134 Å². The molecule has 1 spiro atoms. The monoisotopic (exact) mass is 792 g/mol. The fourth-order valence-corrected chi connectivity index (χ4v) is 10.3. The standard InChI is InChI=1S/C36H32Cl4N2O8S/c1-35(2)15-18(16-51(46,47)48)20-13-22-33(19-7-4-11-42(35)32(19)20)49-24-14-23-17(6-3-9-41(23)10-5-8-25(43)44)12-21(24)36(22)27-26(34(45)50-36)28(37)30(39)31(40)29(27)38/h12-15H,3-11,16H2,1-2H3,(H,43,44)(H,46,47,48). The number of carbonyl (C=O) groups is 2. The summed E-state index contributed by atoms with van der Waals surface area (Å²) in [5, 5.41) is 8.99. The van der Waals surface area contributed by atoms with Gasteiger partial charge in [-0.2, -0.15) is 8.42 Å². The van der Waals surface area contributed by atoms with E-state index in [1.807, 2.05) is 32.1 Å². The van der Waals surface area contributed by atoms with Gasteiger partial charge in [0.15, 0.2) is 5.60 Å². The second-order valence-corrected chi connectivity index (χ2v) is 17.1. The number of aliphatic carboxylic acids is 1. The molecule has 8 rings (SSSR count). The third-order valence-electron chi connectivity index (χ3n) is 10.6. The van der Waals surface area contributed by atoms with Crippen LogP contribution < -0.4 is 14.5 Å². The Morgan fingerprint density at radius 1 is 0.980 bits per heavy atom. The molecule has 0 amide bonds. The molecule has 0 saturated carbocycles.